The van der Waals surface area contributed by atoms with E-state index in [9.17, 15) is 8.78 Å². The monoisotopic (exact) mass is 160 g/mol. The Kier molecular flexibility index (Phi) is 2.22. The summed E-state index contributed by atoms with van der Waals surface area (Å²) >= 11 is 0. The molecule has 0 saturated heterocycles. The fraction of sp³-hybridized carbons (Fsp3) is 0.571. The molecule has 62 valence electrons. The van der Waals surface area contributed by atoms with E-state index in [-0.39, 0.29) is 6.54 Å². The highest BCUT2D eigenvalue weighted by Crippen LogP contribution is 2.06. The summed E-state index contributed by atoms with van der Waals surface area (Å²) in [5.74, 6) is 0. The van der Waals surface area contributed by atoms with Crippen LogP contribution in [-0.4, -0.2) is 16.0 Å². The summed E-state index contributed by atoms with van der Waals surface area (Å²) in [7, 11) is 0. The van der Waals surface area contributed by atoms with Crippen LogP contribution in [0.1, 0.15) is 11.4 Å². The Hall–Kier alpha value is -0.930. The first kappa shape index (κ1) is 8.17. The number of aryl methyl sites for hydroxylation is 1. The molecule has 0 aliphatic heterocycles. The molecule has 0 bridgehead atoms. The molecule has 0 atom stereocenters. The van der Waals surface area contributed by atoms with Gasteiger partial charge in [0.25, 0.3) is 6.43 Å². The number of hydrogen-bond acceptors (Lipinski definition) is 1. The molecule has 1 aromatic rings. The van der Waals surface area contributed by atoms with Gasteiger partial charge in [-0.1, -0.05) is 0 Å². The van der Waals surface area contributed by atoms with Crippen molar-refractivity contribution >= 4 is 0 Å². The van der Waals surface area contributed by atoms with Crippen molar-refractivity contribution in [3.8, 4) is 0 Å². The highest BCUT2D eigenvalue weighted by molar-refractivity contribution is 5.08. The lowest BCUT2D eigenvalue weighted by molar-refractivity contribution is 0.126. The van der Waals surface area contributed by atoms with Gasteiger partial charge in [0.15, 0.2) is 0 Å². The molecule has 0 aliphatic carbocycles. The Labute approximate surface area is 63.9 Å². The van der Waals surface area contributed by atoms with Crippen molar-refractivity contribution in [1.29, 1.82) is 0 Å². The van der Waals surface area contributed by atoms with Crippen molar-refractivity contribution in [2.45, 2.75) is 26.8 Å². The molecule has 0 radical (unpaired) electrons. The quantitative estimate of drug-likeness (QED) is 0.644. The first-order valence-electron chi connectivity index (χ1n) is 3.37. The third-order valence-corrected chi connectivity index (χ3v) is 1.68. The van der Waals surface area contributed by atoms with Crippen LogP contribution in [0.5, 0.6) is 0 Å². The van der Waals surface area contributed by atoms with Crippen molar-refractivity contribution in [3.63, 3.8) is 0 Å². The van der Waals surface area contributed by atoms with Crippen LogP contribution >= 0.6 is 0 Å². The lowest BCUT2D eigenvalue weighted by Crippen LogP contribution is -2.06. The second-order valence-corrected chi connectivity index (χ2v) is 2.46. The van der Waals surface area contributed by atoms with Gasteiger partial charge >= 0.3 is 0 Å². The summed E-state index contributed by atoms with van der Waals surface area (Å²) in [4.78, 5) is 3.90. The Bertz CT molecular complexity index is 243. The maximum Gasteiger partial charge on any atom is 0.256 e. The molecule has 0 spiro atoms. The van der Waals surface area contributed by atoms with E-state index in [0.717, 1.165) is 11.4 Å². The van der Waals surface area contributed by atoms with Crippen LogP contribution in [0.25, 0.3) is 0 Å². The lowest BCUT2D eigenvalue weighted by Gasteiger charge is -2.02. The summed E-state index contributed by atoms with van der Waals surface area (Å²) in [5, 5.41) is 0. The van der Waals surface area contributed by atoms with Crippen molar-refractivity contribution in [1.82, 2.24) is 9.55 Å². The average molecular weight is 160 g/mol. The Morgan fingerprint density at radius 3 is 2.55 bits per heavy atom. The number of aromatic nitrogens is 2. The molecular weight excluding hydrogens is 150 g/mol. The van der Waals surface area contributed by atoms with Gasteiger partial charge in [-0.15, -0.1) is 0 Å². The molecule has 1 rings (SSSR count). The highest BCUT2D eigenvalue weighted by atomic mass is 19.3. The van der Waals surface area contributed by atoms with Crippen LogP contribution in [0.3, 0.4) is 0 Å². The molecule has 4 heteroatoms. The smallest absolute Gasteiger partial charge is 0.256 e. The molecule has 0 aliphatic rings. The summed E-state index contributed by atoms with van der Waals surface area (Å²) in [6, 6.07) is 0. The van der Waals surface area contributed by atoms with Gasteiger partial charge in [0, 0.05) is 5.69 Å². The second kappa shape index (κ2) is 2.98. The number of hydrogen-bond donors (Lipinski definition) is 0. The van der Waals surface area contributed by atoms with Crippen LogP contribution in [0.4, 0.5) is 8.78 Å². The van der Waals surface area contributed by atoms with Crippen molar-refractivity contribution in [2.75, 3.05) is 0 Å². The first-order valence-corrected chi connectivity index (χ1v) is 3.37. The first-order chi connectivity index (χ1) is 5.11. The summed E-state index contributed by atoms with van der Waals surface area (Å²) in [6.45, 7) is 3.33. The Morgan fingerprint density at radius 2 is 2.18 bits per heavy atom. The number of alkyl halides is 2. The van der Waals surface area contributed by atoms with E-state index in [1.807, 2.05) is 0 Å². The third kappa shape index (κ3) is 1.76. The minimum Gasteiger partial charge on any atom is -0.329 e. The zero-order chi connectivity index (χ0) is 8.43. The summed E-state index contributed by atoms with van der Waals surface area (Å²) < 4.78 is 25.2. The molecule has 2 nitrogen and oxygen atoms in total. The third-order valence-electron chi connectivity index (χ3n) is 1.68. The molecule has 0 amide bonds. The van der Waals surface area contributed by atoms with Crippen LogP contribution in [0.2, 0.25) is 0 Å². The predicted octanol–water partition coefficient (Wildman–Crippen LogP) is 1.77. The fourth-order valence-corrected chi connectivity index (χ4v) is 0.877. The topological polar surface area (TPSA) is 17.8 Å². The van der Waals surface area contributed by atoms with Gasteiger partial charge in [0.1, 0.15) is 0 Å². The van der Waals surface area contributed by atoms with E-state index in [2.05, 4.69) is 4.98 Å². The maximum atomic E-state index is 11.9. The van der Waals surface area contributed by atoms with E-state index >= 15 is 0 Å². The van der Waals surface area contributed by atoms with Crippen LogP contribution in [-0.2, 0) is 6.54 Å². The molecule has 1 aromatic heterocycles. The van der Waals surface area contributed by atoms with Gasteiger partial charge in [0.2, 0.25) is 0 Å². The fourth-order valence-electron chi connectivity index (χ4n) is 0.877. The number of imidazole rings is 1. The van der Waals surface area contributed by atoms with E-state index in [0.29, 0.717) is 0 Å². The molecule has 0 N–H and O–H groups in total. The van der Waals surface area contributed by atoms with Crippen LogP contribution < -0.4 is 0 Å². The normalized spacial score (nSPS) is 11.0. The van der Waals surface area contributed by atoms with Crippen molar-refractivity contribution in [3.05, 3.63) is 17.7 Å². The minimum absolute atomic E-state index is 0.257. The largest absolute Gasteiger partial charge is 0.329 e. The standard InChI is InChI=1S/C7H10F2N2/c1-5-6(2)11(4-10-5)3-7(8)9/h4,7H,3H2,1-2H3. The predicted molar refractivity (Wildman–Crippen MR) is 37.7 cm³/mol. The summed E-state index contributed by atoms with van der Waals surface area (Å²) in [5.41, 5.74) is 1.62. The van der Waals surface area contributed by atoms with Crippen LogP contribution in [0, 0.1) is 13.8 Å². The van der Waals surface area contributed by atoms with E-state index in [4.69, 9.17) is 0 Å². The number of nitrogens with zero attached hydrogens (tertiary/aromatic N) is 2. The Balaban J connectivity index is 2.79. The molecule has 11 heavy (non-hydrogen) atoms. The van der Waals surface area contributed by atoms with E-state index in [1.54, 1.807) is 13.8 Å². The van der Waals surface area contributed by atoms with Gasteiger partial charge in [-0.3, -0.25) is 0 Å². The highest BCUT2D eigenvalue weighted by Gasteiger charge is 2.07. The van der Waals surface area contributed by atoms with Gasteiger partial charge in [0.05, 0.1) is 18.6 Å². The zero-order valence-electron chi connectivity index (χ0n) is 6.51. The van der Waals surface area contributed by atoms with E-state index in [1.165, 1.54) is 10.9 Å². The number of rotatable bonds is 2. The molecule has 0 fully saturated rings. The second-order valence-electron chi connectivity index (χ2n) is 2.46. The maximum absolute atomic E-state index is 11.9. The van der Waals surface area contributed by atoms with E-state index < -0.39 is 6.43 Å². The molecule has 1 heterocycles. The minimum atomic E-state index is -2.30. The van der Waals surface area contributed by atoms with Gasteiger partial charge in [-0.05, 0) is 13.8 Å². The average Bonchev–Trinajstić information content (AvgIpc) is 2.18. The molecular formula is C7H10F2N2. The van der Waals surface area contributed by atoms with Gasteiger partial charge in [-0.2, -0.15) is 0 Å². The zero-order valence-corrected chi connectivity index (χ0v) is 6.51. The molecule has 0 aromatic carbocycles. The van der Waals surface area contributed by atoms with Gasteiger partial charge < -0.3 is 4.57 Å². The van der Waals surface area contributed by atoms with Crippen molar-refractivity contribution < 1.29 is 8.78 Å². The van der Waals surface area contributed by atoms with Gasteiger partial charge in [-0.25, -0.2) is 13.8 Å². The lowest BCUT2D eigenvalue weighted by atomic mass is 10.4. The Morgan fingerprint density at radius 1 is 1.55 bits per heavy atom. The van der Waals surface area contributed by atoms with Crippen molar-refractivity contribution in [2.24, 2.45) is 0 Å². The SMILES string of the molecule is Cc1ncn(CC(F)F)c1C. The molecule has 0 unspecified atom stereocenters. The molecule has 0 saturated carbocycles. The summed E-state index contributed by atoms with van der Waals surface area (Å²) in [6.07, 6.45) is -0.862. The van der Waals surface area contributed by atoms with Crippen LogP contribution in [0.15, 0.2) is 6.33 Å². The number of halogens is 2.